The summed E-state index contributed by atoms with van der Waals surface area (Å²) in [5, 5.41) is 28.6. The van der Waals surface area contributed by atoms with Crippen molar-refractivity contribution in [1.82, 2.24) is 0 Å². The van der Waals surface area contributed by atoms with Crippen molar-refractivity contribution in [1.29, 1.82) is 0 Å². The summed E-state index contributed by atoms with van der Waals surface area (Å²) in [6.45, 7) is 2.07. The quantitative estimate of drug-likeness (QED) is 0.333. The normalized spacial score (nSPS) is 25.4. The van der Waals surface area contributed by atoms with Gasteiger partial charge in [0.15, 0.2) is 0 Å². The Bertz CT molecular complexity index is 321. The van der Waals surface area contributed by atoms with Crippen molar-refractivity contribution >= 4 is 0 Å². The summed E-state index contributed by atoms with van der Waals surface area (Å²) >= 11 is 0. The number of ether oxygens (including phenoxy) is 2. The molecule has 1 rings (SSSR count). The zero-order chi connectivity index (χ0) is 17.6. The largest absolute Gasteiger partial charge is 0.493 e. The first-order chi connectivity index (χ1) is 11.7. The topological polar surface area (TPSA) is 79.2 Å². The van der Waals surface area contributed by atoms with E-state index in [-0.39, 0.29) is 13.2 Å². The van der Waals surface area contributed by atoms with Gasteiger partial charge in [0.05, 0.1) is 19.5 Å². The van der Waals surface area contributed by atoms with E-state index in [1.807, 2.05) is 6.08 Å². The molecule has 1 saturated heterocycles. The first-order valence-electron chi connectivity index (χ1n) is 9.59. The molecule has 0 aromatic heterocycles. The Morgan fingerprint density at radius 3 is 2.21 bits per heavy atom. The Labute approximate surface area is 146 Å². The van der Waals surface area contributed by atoms with Crippen LogP contribution in [0.1, 0.15) is 71.1 Å². The molecule has 0 aliphatic carbocycles. The first kappa shape index (κ1) is 21.4. The number of aliphatic hydroxyl groups excluding tert-OH is 3. The molecule has 24 heavy (non-hydrogen) atoms. The van der Waals surface area contributed by atoms with E-state index < -0.39 is 24.4 Å². The van der Waals surface area contributed by atoms with Crippen LogP contribution in [0.25, 0.3) is 0 Å². The summed E-state index contributed by atoms with van der Waals surface area (Å²) in [5.74, 6) is 0. The molecular weight excluding hydrogens is 308 g/mol. The van der Waals surface area contributed by atoms with Crippen molar-refractivity contribution in [3.63, 3.8) is 0 Å². The van der Waals surface area contributed by atoms with Gasteiger partial charge in [0.2, 0.25) is 0 Å². The van der Waals surface area contributed by atoms with Gasteiger partial charge in [-0.05, 0) is 18.9 Å². The highest BCUT2D eigenvalue weighted by Gasteiger charge is 2.40. The lowest BCUT2D eigenvalue weighted by Crippen LogP contribution is -2.41. The monoisotopic (exact) mass is 344 g/mol. The second-order valence-corrected chi connectivity index (χ2v) is 6.70. The van der Waals surface area contributed by atoms with Crippen molar-refractivity contribution in [2.75, 3.05) is 13.2 Å². The van der Waals surface area contributed by atoms with E-state index in [1.54, 1.807) is 6.26 Å². The Kier molecular flexibility index (Phi) is 12.2. The maximum absolute atomic E-state index is 9.76. The molecule has 4 atom stereocenters. The fraction of sp³-hybridized carbons (Fsp3) is 0.895. The molecule has 1 heterocycles. The third-order valence-electron chi connectivity index (χ3n) is 4.56. The van der Waals surface area contributed by atoms with Gasteiger partial charge >= 0.3 is 0 Å². The number of hydrogen-bond acceptors (Lipinski definition) is 5. The maximum Gasteiger partial charge on any atom is 0.149 e. The number of aliphatic hydroxyl groups is 3. The molecule has 142 valence electrons. The van der Waals surface area contributed by atoms with Crippen molar-refractivity contribution in [2.24, 2.45) is 0 Å². The molecule has 0 unspecified atom stereocenters. The molecular formula is C19H36O5. The second kappa shape index (κ2) is 13.6. The first-order valence-corrected chi connectivity index (χ1v) is 9.59. The van der Waals surface area contributed by atoms with Crippen LogP contribution in [0.2, 0.25) is 0 Å². The van der Waals surface area contributed by atoms with Gasteiger partial charge in [-0.2, -0.15) is 0 Å². The Morgan fingerprint density at radius 2 is 1.67 bits per heavy atom. The lowest BCUT2D eigenvalue weighted by Gasteiger charge is -2.23. The van der Waals surface area contributed by atoms with Gasteiger partial charge in [-0.25, -0.2) is 0 Å². The van der Waals surface area contributed by atoms with E-state index in [9.17, 15) is 15.3 Å². The minimum absolute atomic E-state index is 0.0772. The average molecular weight is 344 g/mol. The molecule has 5 nitrogen and oxygen atoms in total. The van der Waals surface area contributed by atoms with Crippen LogP contribution in [-0.2, 0) is 9.47 Å². The second-order valence-electron chi connectivity index (χ2n) is 6.70. The maximum atomic E-state index is 9.76. The highest BCUT2D eigenvalue weighted by atomic mass is 16.6. The molecule has 0 aromatic rings. The summed E-state index contributed by atoms with van der Waals surface area (Å²) in [5.41, 5.74) is 0. The van der Waals surface area contributed by atoms with Gasteiger partial charge in [0.25, 0.3) is 0 Å². The molecule has 0 saturated carbocycles. The van der Waals surface area contributed by atoms with Crippen LogP contribution in [0, 0.1) is 0 Å². The molecule has 1 aliphatic rings. The number of rotatable bonds is 14. The van der Waals surface area contributed by atoms with Gasteiger partial charge in [0, 0.05) is 0 Å². The lowest BCUT2D eigenvalue weighted by atomic mass is 10.1. The van der Waals surface area contributed by atoms with Crippen LogP contribution in [0.5, 0.6) is 0 Å². The molecule has 0 spiro atoms. The molecule has 0 amide bonds. The van der Waals surface area contributed by atoms with Crippen LogP contribution in [-0.4, -0.2) is 52.9 Å². The SMILES string of the molecule is CCCCCCCCCCC/C=C/O[C@@H](CO)[C@H]1OC[C@@H](O)[C@H]1O. The van der Waals surface area contributed by atoms with Gasteiger partial charge in [-0.3, -0.25) is 0 Å². The minimum Gasteiger partial charge on any atom is -0.493 e. The van der Waals surface area contributed by atoms with Crippen LogP contribution < -0.4 is 0 Å². The number of allylic oxidation sites excluding steroid dienone is 1. The van der Waals surface area contributed by atoms with Crippen molar-refractivity contribution in [3.05, 3.63) is 12.3 Å². The van der Waals surface area contributed by atoms with Crippen LogP contribution in [0.15, 0.2) is 12.3 Å². The van der Waals surface area contributed by atoms with E-state index in [0.717, 1.165) is 12.8 Å². The van der Waals surface area contributed by atoms with Crippen molar-refractivity contribution in [2.45, 2.75) is 95.5 Å². The predicted octanol–water partition coefficient (Wildman–Crippen LogP) is 2.92. The van der Waals surface area contributed by atoms with E-state index >= 15 is 0 Å². The highest BCUT2D eigenvalue weighted by Crippen LogP contribution is 2.19. The Morgan fingerprint density at radius 1 is 1.04 bits per heavy atom. The molecule has 1 fully saturated rings. The molecule has 1 aliphatic heterocycles. The highest BCUT2D eigenvalue weighted by molar-refractivity contribution is 4.90. The third kappa shape index (κ3) is 8.47. The zero-order valence-electron chi connectivity index (χ0n) is 15.1. The minimum atomic E-state index is -1.01. The summed E-state index contributed by atoms with van der Waals surface area (Å²) in [6, 6.07) is 0. The van der Waals surface area contributed by atoms with E-state index in [0.29, 0.717) is 0 Å². The average Bonchev–Trinajstić information content (AvgIpc) is 2.92. The van der Waals surface area contributed by atoms with Crippen LogP contribution >= 0.6 is 0 Å². The fourth-order valence-corrected chi connectivity index (χ4v) is 2.97. The summed E-state index contributed by atoms with van der Waals surface area (Å²) in [4.78, 5) is 0. The fourth-order valence-electron chi connectivity index (χ4n) is 2.97. The smallest absolute Gasteiger partial charge is 0.149 e. The molecule has 5 heteroatoms. The standard InChI is InChI=1S/C19H36O5/c1-2-3-4-5-6-7-8-9-10-11-12-13-23-17(14-20)19-18(22)16(21)15-24-19/h12-13,16-22H,2-11,14-15H2,1H3/b13-12+/t16-,17+,18-,19-/m1/s1. The summed E-state index contributed by atoms with van der Waals surface area (Å²) in [6.07, 6.45) is 13.0. The Balaban J connectivity index is 2.00. The van der Waals surface area contributed by atoms with Crippen molar-refractivity contribution < 1.29 is 24.8 Å². The summed E-state index contributed by atoms with van der Waals surface area (Å²) < 4.78 is 10.7. The van der Waals surface area contributed by atoms with E-state index in [4.69, 9.17) is 9.47 Å². The molecule has 0 radical (unpaired) electrons. The van der Waals surface area contributed by atoms with Gasteiger partial charge in [-0.15, -0.1) is 0 Å². The molecule has 3 N–H and O–H groups in total. The lowest BCUT2D eigenvalue weighted by molar-refractivity contribution is -0.0737. The predicted molar refractivity (Wildman–Crippen MR) is 94.7 cm³/mol. The zero-order valence-corrected chi connectivity index (χ0v) is 15.1. The van der Waals surface area contributed by atoms with Gasteiger partial charge in [-0.1, -0.05) is 58.3 Å². The van der Waals surface area contributed by atoms with Crippen LogP contribution in [0.4, 0.5) is 0 Å². The summed E-state index contributed by atoms with van der Waals surface area (Å²) in [7, 11) is 0. The van der Waals surface area contributed by atoms with Crippen molar-refractivity contribution in [3.8, 4) is 0 Å². The molecule has 0 aromatic carbocycles. The van der Waals surface area contributed by atoms with Gasteiger partial charge < -0.3 is 24.8 Å². The van der Waals surface area contributed by atoms with E-state index in [1.165, 1.54) is 51.4 Å². The van der Waals surface area contributed by atoms with Gasteiger partial charge in [0.1, 0.15) is 24.4 Å². The molecule has 0 bridgehead atoms. The van der Waals surface area contributed by atoms with E-state index in [2.05, 4.69) is 6.92 Å². The number of hydrogen-bond donors (Lipinski definition) is 3. The Hall–Kier alpha value is -0.620. The third-order valence-corrected chi connectivity index (χ3v) is 4.56. The number of unbranched alkanes of at least 4 members (excludes halogenated alkanes) is 9. The van der Waals surface area contributed by atoms with Crippen LogP contribution in [0.3, 0.4) is 0 Å².